The number of aryl methyl sites for hydroxylation is 2. The Morgan fingerprint density at radius 3 is 2.88 bits per heavy atom. The zero-order valence-electron chi connectivity index (χ0n) is 9.79. The van der Waals surface area contributed by atoms with E-state index in [1.165, 1.54) is 4.68 Å². The zero-order chi connectivity index (χ0) is 12.4. The Morgan fingerprint density at radius 2 is 2.29 bits per heavy atom. The molecule has 17 heavy (non-hydrogen) atoms. The molecule has 2 heterocycles. The van der Waals surface area contributed by atoms with Gasteiger partial charge >= 0.3 is 5.97 Å². The second-order valence-electron chi connectivity index (χ2n) is 3.78. The van der Waals surface area contributed by atoms with Crippen molar-refractivity contribution in [2.45, 2.75) is 19.9 Å². The molecule has 2 aromatic rings. The van der Waals surface area contributed by atoms with Gasteiger partial charge < -0.3 is 5.11 Å². The summed E-state index contributed by atoms with van der Waals surface area (Å²) in [6, 6.07) is 3.40. The maximum Gasteiger partial charge on any atom is 0.354 e. The third-order valence-corrected chi connectivity index (χ3v) is 2.51. The van der Waals surface area contributed by atoms with Gasteiger partial charge in [-0.25, -0.2) is 4.79 Å². The van der Waals surface area contributed by atoms with E-state index in [1.807, 2.05) is 10.7 Å². The fourth-order valence-electron chi connectivity index (χ4n) is 1.73. The van der Waals surface area contributed by atoms with E-state index >= 15 is 0 Å². The van der Waals surface area contributed by atoms with Crippen LogP contribution in [0.1, 0.15) is 23.8 Å². The largest absolute Gasteiger partial charge is 0.477 e. The van der Waals surface area contributed by atoms with E-state index in [2.05, 4.69) is 17.1 Å². The molecule has 0 aliphatic rings. The summed E-state index contributed by atoms with van der Waals surface area (Å²) in [6.07, 6.45) is 2.66. The number of carboxylic acid groups (broad SMARTS) is 1. The van der Waals surface area contributed by atoms with E-state index in [0.29, 0.717) is 5.69 Å². The Kier molecular flexibility index (Phi) is 2.95. The van der Waals surface area contributed by atoms with E-state index in [0.717, 1.165) is 18.7 Å². The van der Waals surface area contributed by atoms with E-state index in [4.69, 9.17) is 5.11 Å². The van der Waals surface area contributed by atoms with E-state index in [-0.39, 0.29) is 5.69 Å². The van der Waals surface area contributed by atoms with Crippen LogP contribution in [-0.4, -0.2) is 30.6 Å². The van der Waals surface area contributed by atoms with Crippen molar-refractivity contribution in [1.29, 1.82) is 0 Å². The molecular formula is C11H14N4O2. The van der Waals surface area contributed by atoms with Gasteiger partial charge in [0.05, 0.1) is 5.69 Å². The van der Waals surface area contributed by atoms with Gasteiger partial charge in [0.25, 0.3) is 0 Å². The third-order valence-electron chi connectivity index (χ3n) is 2.51. The van der Waals surface area contributed by atoms with Crippen LogP contribution in [0, 0.1) is 0 Å². The van der Waals surface area contributed by atoms with Crippen molar-refractivity contribution in [3.05, 3.63) is 24.0 Å². The summed E-state index contributed by atoms with van der Waals surface area (Å²) >= 11 is 0. The van der Waals surface area contributed by atoms with Crippen molar-refractivity contribution in [3.63, 3.8) is 0 Å². The molecule has 0 bridgehead atoms. The maximum absolute atomic E-state index is 10.9. The number of carboxylic acids is 1. The summed E-state index contributed by atoms with van der Waals surface area (Å²) in [5, 5.41) is 17.3. The summed E-state index contributed by atoms with van der Waals surface area (Å²) in [6.45, 7) is 2.86. The lowest BCUT2D eigenvalue weighted by molar-refractivity contribution is 0.0685. The minimum Gasteiger partial charge on any atom is -0.477 e. The van der Waals surface area contributed by atoms with Crippen LogP contribution in [0.4, 0.5) is 0 Å². The van der Waals surface area contributed by atoms with Crippen LogP contribution in [0.15, 0.2) is 18.3 Å². The number of aromatic nitrogens is 4. The fourth-order valence-corrected chi connectivity index (χ4v) is 1.73. The highest BCUT2D eigenvalue weighted by Crippen LogP contribution is 2.18. The molecule has 0 fully saturated rings. The molecule has 6 nitrogen and oxygen atoms in total. The summed E-state index contributed by atoms with van der Waals surface area (Å²) in [7, 11) is 1.62. The summed E-state index contributed by atoms with van der Waals surface area (Å²) < 4.78 is 3.19. The Labute approximate surface area is 98.5 Å². The third kappa shape index (κ3) is 2.06. The monoisotopic (exact) mass is 234 g/mol. The first-order valence-corrected chi connectivity index (χ1v) is 5.43. The number of carbonyl (C=O) groups is 1. The van der Waals surface area contributed by atoms with Crippen LogP contribution in [0.25, 0.3) is 11.4 Å². The molecule has 6 heteroatoms. The zero-order valence-corrected chi connectivity index (χ0v) is 9.79. The van der Waals surface area contributed by atoms with Gasteiger partial charge in [0.2, 0.25) is 0 Å². The van der Waals surface area contributed by atoms with Crippen molar-refractivity contribution < 1.29 is 9.90 Å². The first-order valence-electron chi connectivity index (χ1n) is 5.43. The molecule has 0 saturated heterocycles. The first-order chi connectivity index (χ1) is 8.13. The Hall–Kier alpha value is -2.11. The van der Waals surface area contributed by atoms with Crippen molar-refractivity contribution in [1.82, 2.24) is 19.6 Å². The predicted octanol–water partition coefficient (Wildman–Crippen LogP) is 1.39. The minimum absolute atomic E-state index is 0.171. The average Bonchev–Trinajstić information content (AvgIpc) is 2.84. The summed E-state index contributed by atoms with van der Waals surface area (Å²) in [5.41, 5.74) is 1.65. The smallest absolute Gasteiger partial charge is 0.354 e. The SMILES string of the molecule is CCCn1nccc1-c1cc(C(=O)O)n(C)n1. The molecule has 0 atom stereocenters. The second kappa shape index (κ2) is 4.40. The van der Waals surface area contributed by atoms with E-state index in [9.17, 15) is 4.79 Å². The van der Waals surface area contributed by atoms with Gasteiger partial charge in [0.1, 0.15) is 11.4 Å². The summed E-state index contributed by atoms with van der Waals surface area (Å²) in [5.74, 6) is -0.979. The lowest BCUT2D eigenvalue weighted by Crippen LogP contribution is -2.04. The van der Waals surface area contributed by atoms with Crippen LogP contribution in [-0.2, 0) is 13.6 Å². The molecule has 90 valence electrons. The van der Waals surface area contributed by atoms with Gasteiger partial charge in [0, 0.05) is 25.9 Å². The Morgan fingerprint density at radius 1 is 1.53 bits per heavy atom. The number of hydrogen-bond acceptors (Lipinski definition) is 3. The number of rotatable bonds is 4. The van der Waals surface area contributed by atoms with Gasteiger partial charge in [0.15, 0.2) is 0 Å². The molecule has 0 saturated carbocycles. The van der Waals surface area contributed by atoms with Crippen LogP contribution < -0.4 is 0 Å². The standard InChI is InChI=1S/C11H14N4O2/c1-3-6-15-9(4-5-12-15)8-7-10(11(16)17)14(2)13-8/h4-5,7H,3,6H2,1-2H3,(H,16,17). The molecule has 0 spiro atoms. The fraction of sp³-hybridized carbons (Fsp3) is 0.364. The van der Waals surface area contributed by atoms with Gasteiger partial charge in [-0.2, -0.15) is 10.2 Å². The first kappa shape index (κ1) is 11.4. The lowest BCUT2D eigenvalue weighted by Gasteiger charge is -2.02. The van der Waals surface area contributed by atoms with Crippen LogP contribution in [0.5, 0.6) is 0 Å². The highest BCUT2D eigenvalue weighted by atomic mass is 16.4. The van der Waals surface area contributed by atoms with Crippen LogP contribution >= 0.6 is 0 Å². The highest BCUT2D eigenvalue weighted by molar-refractivity contribution is 5.87. The Balaban J connectivity index is 2.42. The van der Waals surface area contributed by atoms with Crippen molar-refractivity contribution in [3.8, 4) is 11.4 Å². The molecule has 0 aliphatic carbocycles. The molecule has 0 radical (unpaired) electrons. The number of aromatic carboxylic acids is 1. The van der Waals surface area contributed by atoms with Gasteiger partial charge in [-0.3, -0.25) is 9.36 Å². The normalized spacial score (nSPS) is 10.7. The average molecular weight is 234 g/mol. The lowest BCUT2D eigenvalue weighted by atomic mass is 10.3. The van der Waals surface area contributed by atoms with Crippen LogP contribution in [0.3, 0.4) is 0 Å². The van der Waals surface area contributed by atoms with Gasteiger partial charge in [-0.1, -0.05) is 6.92 Å². The number of hydrogen-bond donors (Lipinski definition) is 1. The minimum atomic E-state index is -0.979. The van der Waals surface area contributed by atoms with Crippen molar-refractivity contribution >= 4 is 5.97 Å². The molecule has 0 aliphatic heterocycles. The number of nitrogens with zero attached hydrogens (tertiary/aromatic N) is 4. The van der Waals surface area contributed by atoms with Crippen LogP contribution in [0.2, 0.25) is 0 Å². The molecular weight excluding hydrogens is 220 g/mol. The van der Waals surface area contributed by atoms with Gasteiger partial charge in [-0.15, -0.1) is 0 Å². The quantitative estimate of drug-likeness (QED) is 0.867. The second-order valence-corrected chi connectivity index (χ2v) is 3.78. The molecule has 2 rings (SSSR count). The predicted molar refractivity (Wildman–Crippen MR) is 61.7 cm³/mol. The molecule has 0 unspecified atom stereocenters. The van der Waals surface area contributed by atoms with Crippen molar-refractivity contribution in [2.24, 2.45) is 7.05 Å². The van der Waals surface area contributed by atoms with E-state index < -0.39 is 5.97 Å². The molecule has 2 aromatic heterocycles. The molecule has 1 N–H and O–H groups in total. The highest BCUT2D eigenvalue weighted by Gasteiger charge is 2.15. The van der Waals surface area contributed by atoms with E-state index in [1.54, 1.807) is 19.3 Å². The topological polar surface area (TPSA) is 72.9 Å². The maximum atomic E-state index is 10.9. The Bertz CT molecular complexity index is 541. The van der Waals surface area contributed by atoms with Gasteiger partial charge in [-0.05, 0) is 12.5 Å². The molecule has 0 amide bonds. The molecule has 0 aromatic carbocycles. The van der Waals surface area contributed by atoms with Crippen molar-refractivity contribution in [2.75, 3.05) is 0 Å². The summed E-state index contributed by atoms with van der Waals surface area (Å²) in [4.78, 5) is 10.9.